The van der Waals surface area contributed by atoms with Gasteiger partial charge in [-0.1, -0.05) is 19.1 Å². The van der Waals surface area contributed by atoms with Crippen molar-refractivity contribution in [3.8, 4) is 0 Å². The number of thiazole rings is 1. The van der Waals surface area contributed by atoms with Crippen LogP contribution >= 0.6 is 11.3 Å². The van der Waals surface area contributed by atoms with E-state index in [1.807, 2.05) is 4.68 Å². The zero-order valence-corrected chi connectivity index (χ0v) is 12.8. The van der Waals surface area contributed by atoms with Gasteiger partial charge in [-0.15, -0.1) is 16.4 Å². The van der Waals surface area contributed by atoms with Gasteiger partial charge < -0.3 is 4.74 Å². The zero-order valence-electron chi connectivity index (χ0n) is 12.0. The molecular weight excluding hydrogens is 272 g/mol. The van der Waals surface area contributed by atoms with Gasteiger partial charge in [-0.2, -0.15) is 0 Å². The van der Waals surface area contributed by atoms with Gasteiger partial charge in [0, 0.05) is 43.0 Å². The SMILES string of the molecule is CC(C)c1nc(CCn2cc([C@@H]3CCOC3)nn2)cs1. The summed E-state index contributed by atoms with van der Waals surface area (Å²) < 4.78 is 7.31. The van der Waals surface area contributed by atoms with Crippen molar-refractivity contribution in [3.63, 3.8) is 0 Å². The third kappa shape index (κ3) is 3.07. The van der Waals surface area contributed by atoms with E-state index in [0.717, 1.165) is 44.0 Å². The molecular formula is C14H20N4OS. The Bertz CT molecular complexity index is 557. The van der Waals surface area contributed by atoms with Gasteiger partial charge in [-0.25, -0.2) is 4.98 Å². The van der Waals surface area contributed by atoms with Crippen molar-refractivity contribution >= 4 is 11.3 Å². The summed E-state index contributed by atoms with van der Waals surface area (Å²) in [5.74, 6) is 0.935. The van der Waals surface area contributed by atoms with Crippen LogP contribution in [0, 0.1) is 0 Å². The molecule has 108 valence electrons. The minimum atomic E-state index is 0.426. The predicted octanol–water partition coefficient (Wildman–Crippen LogP) is 2.60. The summed E-state index contributed by atoms with van der Waals surface area (Å²) in [4.78, 5) is 4.65. The van der Waals surface area contributed by atoms with E-state index in [1.165, 1.54) is 5.01 Å². The number of rotatable bonds is 5. The fourth-order valence-corrected chi connectivity index (χ4v) is 3.18. The lowest BCUT2D eigenvalue weighted by Gasteiger charge is -2.00. The molecule has 2 aromatic rings. The normalized spacial score (nSPS) is 19.1. The van der Waals surface area contributed by atoms with Crippen molar-refractivity contribution in [3.05, 3.63) is 28.0 Å². The third-order valence-corrected chi connectivity index (χ3v) is 4.76. The molecule has 1 fully saturated rings. The molecule has 1 aliphatic rings. The van der Waals surface area contributed by atoms with Crippen molar-refractivity contribution in [1.82, 2.24) is 20.0 Å². The molecule has 2 aromatic heterocycles. The molecule has 0 saturated carbocycles. The minimum absolute atomic E-state index is 0.426. The highest BCUT2D eigenvalue weighted by molar-refractivity contribution is 7.09. The second-order valence-corrected chi connectivity index (χ2v) is 6.44. The van der Waals surface area contributed by atoms with Crippen LogP contribution in [0.15, 0.2) is 11.6 Å². The molecule has 0 amide bonds. The Morgan fingerprint density at radius 2 is 2.40 bits per heavy atom. The summed E-state index contributed by atoms with van der Waals surface area (Å²) in [7, 11) is 0. The lowest BCUT2D eigenvalue weighted by molar-refractivity contribution is 0.193. The minimum Gasteiger partial charge on any atom is -0.381 e. The molecule has 3 rings (SSSR count). The fraction of sp³-hybridized carbons (Fsp3) is 0.643. The molecule has 0 aromatic carbocycles. The molecule has 0 radical (unpaired) electrons. The second-order valence-electron chi connectivity index (χ2n) is 5.55. The molecule has 0 unspecified atom stereocenters. The topological polar surface area (TPSA) is 52.8 Å². The van der Waals surface area contributed by atoms with Crippen LogP contribution in [0.2, 0.25) is 0 Å². The van der Waals surface area contributed by atoms with E-state index in [4.69, 9.17) is 4.74 Å². The Labute approximate surface area is 123 Å². The summed E-state index contributed by atoms with van der Waals surface area (Å²) in [6.45, 7) is 6.81. The summed E-state index contributed by atoms with van der Waals surface area (Å²) in [6, 6.07) is 0. The number of aromatic nitrogens is 4. The summed E-state index contributed by atoms with van der Waals surface area (Å²) in [6.07, 6.45) is 4.02. The van der Waals surface area contributed by atoms with Crippen LogP contribution in [0.3, 0.4) is 0 Å². The molecule has 1 atom stereocenters. The standard InChI is InChI=1S/C14H20N4OS/c1-10(2)14-15-12(9-20-14)3-5-18-7-13(16-17-18)11-4-6-19-8-11/h7,9-11H,3-6,8H2,1-2H3/t11-/m1/s1. The van der Waals surface area contributed by atoms with Gasteiger partial charge in [-0.05, 0) is 6.42 Å². The van der Waals surface area contributed by atoms with Crippen LogP contribution in [0.25, 0.3) is 0 Å². The van der Waals surface area contributed by atoms with Crippen molar-refractivity contribution in [1.29, 1.82) is 0 Å². The molecule has 5 nitrogen and oxygen atoms in total. The van der Waals surface area contributed by atoms with Crippen molar-refractivity contribution in [2.24, 2.45) is 0 Å². The van der Waals surface area contributed by atoms with Crippen LogP contribution in [0.1, 0.15) is 48.5 Å². The van der Waals surface area contributed by atoms with Crippen LogP contribution in [0.4, 0.5) is 0 Å². The van der Waals surface area contributed by atoms with Crippen molar-refractivity contribution in [2.45, 2.75) is 45.1 Å². The third-order valence-electron chi connectivity index (χ3n) is 3.56. The molecule has 0 bridgehead atoms. The van der Waals surface area contributed by atoms with E-state index in [2.05, 4.69) is 40.7 Å². The van der Waals surface area contributed by atoms with E-state index in [9.17, 15) is 0 Å². The highest BCUT2D eigenvalue weighted by Gasteiger charge is 2.20. The van der Waals surface area contributed by atoms with Gasteiger partial charge in [0.05, 0.1) is 23.0 Å². The first kappa shape index (κ1) is 13.7. The molecule has 6 heteroatoms. The first-order valence-corrected chi connectivity index (χ1v) is 8.02. The van der Waals surface area contributed by atoms with Gasteiger partial charge in [0.25, 0.3) is 0 Å². The monoisotopic (exact) mass is 292 g/mol. The van der Waals surface area contributed by atoms with Gasteiger partial charge in [0.15, 0.2) is 0 Å². The molecule has 1 saturated heterocycles. The lowest BCUT2D eigenvalue weighted by atomic mass is 10.1. The van der Waals surface area contributed by atoms with Gasteiger partial charge in [-0.3, -0.25) is 4.68 Å². The van der Waals surface area contributed by atoms with Crippen LogP contribution in [-0.2, 0) is 17.7 Å². The van der Waals surface area contributed by atoms with E-state index in [-0.39, 0.29) is 0 Å². The summed E-state index contributed by atoms with van der Waals surface area (Å²) >= 11 is 1.75. The summed E-state index contributed by atoms with van der Waals surface area (Å²) in [5.41, 5.74) is 2.21. The quantitative estimate of drug-likeness (QED) is 0.850. The number of hydrogen-bond acceptors (Lipinski definition) is 5. The van der Waals surface area contributed by atoms with Gasteiger partial charge in [0.1, 0.15) is 0 Å². The first-order valence-electron chi connectivity index (χ1n) is 7.14. The maximum absolute atomic E-state index is 5.39. The lowest BCUT2D eigenvalue weighted by Crippen LogP contribution is -2.02. The van der Waals surface area contributed by atoms with Crippen molar-refractivity contribution in [2.75, 3.05) is 13.2 Å². The van der Waals surface area contributed by atoms with Crippen LogP contribution < -0.4 is 0 Å². The Morgan fingerprint density at radius 1 is 1.50 bits per heavy atom. The fourth-order valence-electron chi connectivity index (χ4n) is 2.31. The predicted molar refractivity (Wildman–Crippen MR) is 78.1 cm³/mol. The highest BCUT2D eigenvalue weighted by Crippen LogP contribution is 2.23. The van der Waals surface area contributed by atoms with Gasteiger partial charge in [0.2, 0.25) is 0 Å². The summed E-state index contributed by atoms with van der Waals surface area (Å²) in [5, 5.41) is 11.8. The highest BCUT2D eigenvalue weighted by atomic mass is 32.1. The second kappa shape index (κ2) is 6.01. The Morgan fingerprint density at radius 3 is 3.10 bits per heavy atom. The van der Waals surface area contributed by atoms with E-state index in [0.29, 0.717) is 11.8 Å². The Hall–Kier alpha value is -1.27. The van der Waals surface area contributed by atoms with Crippen LogP contribution in [-0.4, -0.2) is 33.2 Å². The van der Waals surface area contributed by atoms with E-state index < -0.39 is 0 Å². The molecule has 1 aliphatic heterocycles. The molecule has 0 spiro atoms. The average Bonchev–Trinajstić information content (AvgIpc) is 3.17. The smallest absolute Gasteiger partial charge is 0.0953 e. The molecule has 3 heterocycles. The van der Waals surface area contributed by atoms with Crippen molar-refractivity contribution < 1.29 is 4.74 Å². The van der Waals surface area contributed by atoms with E-state index >= 15 is 0 Å². The number of aryl methyl sites for hydroxylation is 2. The maximum Gasteiger partial charge on any atom is 0.0953 e. The number of hydrogen-bond donors (Lipinski definition) is 0. The maximum atomic E-state index is 5.39. The molecule has 0 N–H and O–H groups in total. The van der Waals surface area contributed by atoms with Crippen LogP contribution in [0.5, 0.6) is 0 Å². The molecule has 0 aliphatic carbocycles. The zero-order chi connectivity index (χ0) is 13.9. The first-order chi connectivity index (χ1) is 9.72. The number of ether oxygens (including phenoxy) is 1. The Kier molecular flexibility index (Phi) is 4.12. The number of nitrogens with zero attached hydrogens (tertiary/aromatic N) is 4. The largest absolute Gasteiger partial charge is 0.381 e. The Balaban J connectivity index is 1.57. The molecule has 20 heavy (non-hydrogen) atoms. The van der Waals surface area contributed by atoms with E-state index in [1.54, 1.807) is 11.3 Å². The van der Waals surface area contributed by atoms with Gasteiger partial charge >= 0.3 is 0 Å². The average molecular weight is 292 g/mol.